The van der Waals surface area contributed by atoms with Gasteiger partial charge in [-0.05, 0) is 51.0 Å². The second-order valence-electron chi connectivity index (χ2n) is 8.70. The second-order valence-corrected chi connectivity index (χ2v) is 8.70. The van der Waals surface area contributed by atoms with Crippen molar-refractivity contribution in [3.8, 4) is 0 Å². The highest BCUT2D eigenvalue weighted by atomic mass is 19.4. The highest BCUT2D eigenvalue weighted by molar-refractivity contribution is 5.69. The van der Waals surface area contributed by atoms with Crippen LogP contribution >= 0.6 is 0 Å². The summed E-state index contributed by atoms with van der Waals surface area (Å²) in [6.07, 6.45) is -4.54. The minimum Gasteiger partial charge on any atom is -0.444 e. The average Bonchev–Trinajstić information content (AvgIpc) is 2.51. The number of nitrogens with zero attached hydrogens (tertiary/aromatic N) is 1. The summed E-state index contributed by atoms with van der Waals surface area (Å²) in [5, 5.41) is 11.3. The van der Waals surface area contributed by atoms with Crippen LogP contribution in [0.2, 0.25) is 0 Å². The Bertz CT molecular complexity index is 743. The third-order valence-electron chi connectivity index (χ3n) is 5.21. The lowest BCUT2D eigenvalue weighted by atomic mass is 9.75. The summed E-state index contributed by atoms with van der Waals surface area (Å²) in [6, 6.07) is 2.58. The molecule has 3 rings (SSSR count). The van der Waals surface area contributed by atoms with Crippen molar-refractivity contribution in [2.45, 2.75) is 70.0 Å². The average molecular weight is 401 g/mol. The van der Waals surface area contributed by atoms with Crippen LogP contribution in [-0.2, 0) is 21.3 Å². The summed E-state index contributed by atoms with van der Waals surface area (Å²) in [7, 11) is 0. The van der Waals surface area contributed by atoms with E-state index in [1.165, 1.54) is 6.07 Å². The van der Waals surface area contributed by atoms with Crippen LogP contribution in [0.5, 0.6) is 0 Å². The number of amides is 1. The van der Waals surface area contributed by atoms with E-state index < -0.39 is 41.1 Å². The fourth-order valence-corrected chi connectivity index (χ4v) is 4.17. The molecule has 1 aromatic rings. The molecule has 28 heavy (non-hydrogen) atoms. The molecule has 2 bridgehead atoms. The largest absolute Gasteiger partial charge is 0.444 e. The molecular formula is C20H26F3NO4. The minimum atomic E-state index is -4.43. The number of aliphatic hydroxyl groups is 1. The van der Waals surface area contributed by atoms with Crippen molar-refractivity contribution in [3.63, 3.8) is 0 Å². The van der Waals surface area contributed by atoms with Crippen molar-refractivity contribution < 1.29 is 32.5 Å². The predicted octanol–water partition coefficient (Wildman–Crippen LogP) is 4.00. The lowest BCUT2D eigenvalue weighted by Crippen LogP contribution is -2.63. The van der Waals surface area contributed by atoms with Crippen LogP contribution in [0.15, 0.2) is 18.2 Å². The van der Waals surface area contributed by atoms with E-state index in [4.69, 9.17) is 9.47 Å². The number of halogens is 3. The zero-order chi connectivity index (χ0) is 20.9. The molecule has 5 nitrogen and oxygen atoms in total. The molecule has 1 N–H and O–H groups in total. The highest BCUT2D eigenvalue weighted by Crippen LogP contribution is 2.43. The summed E-state index contributed by atoms with van der Waals surface area (Å²) in [5.41, 5.74) is -1.88. The first-order chi connectivity index (χ1) is 12.8. The van der Waals surface area contributed by atoms with Gasteiger partial charge in [-0.3, -0.25) is 4.90 Å². The summed E-state index contributed by atoms with van der Waals surface area (Å²) in [4.78, 5) is 14.3. The van der Waals surface area contributed by atoms with E-state index in [0.29, 0.717) is 11.1 Å². The molecule has 156 valence electrons. The van der Waals surface area contributed by atoms with Gasteiger partial charge in [-0.1, -0.05) is 6.07 Å². The Labute approximate surface area is 162 Å². The molecule has 0 saturated carbocycles. The van der Waals surface area contributed by atoms with Gasteiger partial charge in [0.25, 0.3) is 0 Å². The van der Waals surface area contributed by atoms with Crippen LogP contribution in [-0.4, -0.2) is 47.0 Å². The van der Waals surface area contributed by atoms with Gasteiger partial charge in [0.2, 0.25) is 0 Å². The maximum absolute atomic E-state index is 13.0. The number of hydrogen-bond donors (Lipinski definition) is 1. The SMILES string of the molecule is Cc1cc(C(F)(F)F)ccc1C1(O)CC2COCC(C1)N2C(=O)OC(C)(C)C. The normalized spacial score (nSPS) is 28.2. The number of carbonyl (C=O) groups is 1. The molecule has 2 fully saturated rings. The number of ether oxygens (including phenoxy) is 2. The number of piperidine rings is 1. The molecule has 8 heteroatoms. The van der Waals surface area contributed by atoms with Crippen molar-refractivity contribution >= 4 is 6.09 Å². The van der Waals surface area contributed by atoms with Crippen molar-refractivity contribution in [1.82, 2.24) is 4.90 Å². The number of rotatable bonds is 1. The monoisotopic (exact) mass is 401 g/mol. The quantitative estimate of drug-likeness (QED) is 0.773. The molecule has 0 aliphatic carbocycles. The lowest BCUT2D eigenvalue weighted by molar-refractivity contribution is -0.142. The van der Waals surface area contributed by atoms with Crippen LogP contribution in [0.4, 0.5) is 18.0 Å². The topological polar surface area (TPSA) is 59.0 Å². The maximum atomic E-state index is 13.0. The number of morpholine rings is 1. The summed E-state index contributed by atoms with van der Waals surface area (Å²) >= 11 is 0. The molecule has 2 aliphatic rings. The Kier molecular flexibility index (Phi) is 5.17. The van der Waals surface area contributed by atoms with Gasteiger partial charge in [0, 0.05) is 12.8 Å². The van der Waals surface area contributed by atoms with E-state index >= 15 is 0 Å². The van der Waals surface area contributed by atoms with Crippen LogP contribution in [0.25, 0.3) is 0 Å². The number of hydrogen-bond acceptors (Lipinski definition) is 4. The molecular weight excluding hydrogens is 375 g/mol. The number of benzene rings is 1. The molecule has 0 radical (unpaired) electrons. The second kappa shape index (κ2) is 6.91. The Hall–Kier alpha value is -1.80. The van der Waals surface area contributed by atoms with Crippen molar-refractivity contribution in [2.24, 2.45) is 0 Å². The zero-order valence-corrected chi connectivity index (χ0v) is 16.5. The molecule has 1 aromatic carbocycles. The molecule has 2 aliphatic heterocycles. The summed E-state index contributed by atoms with van der Waals surface area (Å²) in [6.45, 7) is 7.40. The summed E-state index contributed by atoms with van der Waals surface area (Å²) < 4.78 is 49.9. The van der Waals surface area contributed by atoms with E-state index in [1.54, 1.807) is 32.6 Å². The third kappa shape index (κ3) is 4.12. The molecule has 2 heterocycles. The predicted molar refractivity (Wildman–Crippen MR) is 95.8 cm³/mol. The first-order valence-corrected chi connectivity index (χ1v) is 9.30. The van der Waals surface area contributed by atoms with Gasteiger partial charge in [0.15, 0.2) is 0 Å². The molecule has 0 aromatic heterocycles. The zero-order valence-electron chi connectivity index (χ0n) is 16.5. The molecule has 0 spiro atoms. The van der Waals surface area contributed by atoms with Gasteiger partial charge < -0.3 is 14.6 Å². The van der Waals surface area contributed by atoms with E-state index in [0.717, 1.165) is 12.1 Å². The number of alkyl halides is 3. The standard InChI is InChI=1S/C20H26F3NO4/c1-12-7-13(20(21,22)23)5-6-16(12)19(26)8-14-10-27-11-15(9-19)24(14)17(25)28-18(2,3)4/h5-7,14-15,26H,8-11H2,1-4H3. The highest BCUT2D eigenvalue weighted by Gasteiger charge is 2.50. The first-order valence-electron chi connectivity index (χ1n) is 9.30. The van der Waals surface area contributed by atoms with Gasteiger partial charge in [-0.2, -0.15) is 13.2 Å². The smallest absolute Gasteiger partial charge is 0.416 e. The van der Waals surface area contributed by atoms with Gasteiger partial charge in [0.1, 0.15) is 5.60 Å². The van der Waals surface area contributed by atoms with Gasteiger partial charge in [-0.25, -0.2) is 4.79 Å². The van der Waals surface area contributed by atoms with E-state index in [1.807, 2.05) is 0 Å². The fraction of sp³-hybridized carbons (Fsp3) is 0.650. The van der Waals surface area contributed by atoms with E-state index in [9.17, 15) is 23.1 Å². The van der Waals surface area contributed by atoms with Gasteiger partial charge in [-0.15, -0.1) is 0 Å². The van der Waals surface area contributed by atoms with Gasteiger partial charge >= 0.3 is 12.3 Å². The van der Waals surface area contributed by atoms with Crippen molar-refractivity contribution in [3.05, 3.63) is 34.9 Å². The Balaban J connectivity index is 1.87. The first kappa shape index (κ1) is 20.9. The minimum absolute atomic E-state index is 0.176. The number of fused-ring (bicyclic) bond motifs is 2. The van der Waals surface area contributed by atoms with E-state index in [-0.39, 0.29) is 26.1 Å². The van der Waals surface area contributed by atoms with E-state index in [2.05, 4.69) is 0 Å². The van der Waals surface area contributed by atoms with Gasteiger partial charge in [0.05, 0.1) is 36.5 Å². The van der Waals surface area contributed by atoms with Crippen LogP contribution in [0.1, 0.15) is 50.3 Å². The number of aryl methyl sites for hydroxylation is 1. The maximum Gasteiger partial charge on any atom is 0.416 e. The third-order valence-corrected chi connectivity index (χ3v) is 5.21. The Morgan fingerprint density at radius 3 is 2.25 bits per heavy atom. The van der Waals surface area contributed by atoms with Crippen LogP contribution in [0.3, 0.4) is 0 Å². The van der Waals surface area contributed by atoms with Crippen molar-refractivity contribution in [1.29, 1.82) is 0 Å². The molecule has 2 unspecified atom stereocenters. The summed E-state index contributed by atoms with van der Waals surface area (Å²) in [5.74, 6) is 0. The molecule has 1 amide bonds. The van der Waals surface area contributed by atoms with Crippen LogP contribution < -0.4 is 0 Å². The Morgan fingerprint density at radius 1 is 1.21 bits per heavy atom. The fourth-order valence-electron chi connectivity index (χ4n) is 4.17. The Morgan fingerprint density at radius 2 is 1.79 bits per heavy atom. The molecule has 2 saturated heterocycles. The number of carbonyl (C=O) groups excluding carboxylic acids is 1. The lowest BCUT2D eigenvalue weighted by Gasteiger charge is -2.51. The van der Waals surface area contributed by atoms with Crippen molar-refractivity contribution in [2.75, 3.05) is 13.2 Å². The molecule has 2 atom stereocenters. The van der Waals surface area contributed by atoms with Crippen LogP contribution in [0, 0.1) is 6.92 Å².